The lowest BCUT2D eigenvalue weighted by atomic mass is 9.79. The Kier molecular flexibility index (Phi) is 7.58. The average molecular weight is 403 g/mol. The topological polar surface area (TPSA) is 61.8 Å². The van der Waals surface area contributed by atoms with Gasteiger partial charge in [-0.15, -0.1) is 0 Å². The van der Waals surface area contributed by atoms with E-state index in [9.17, 15) is 4.79 Å². The van der Waals surface area contributed by atoms with E-state index in [1.54, 1.807) is 0 Å². The summed E-state index contributed by atoms with van der Waals surface area (Å²) in [5, 5.41) is 12.8. The van der Waals surface area contributed by atoms with Gasteiger partial charge >= 0.3 is 5.97 Å². The quantitative estimate of drug-likeness (QED) is 0.664. The monoisotopic (exact) mass is 402 g/mol. The molecule has 1 heterocycles. The van der Waals surface area contributed by atoms with Gasteiger partial charge in [-0.1, -0.05) is 12.1 Å². The van der Waals surface area contributed by atoms with Gasteiger partial charge in [-0.05, 0) is 82.9 Å². The maximum atomic E-state index is 11.0. The zero-order valence-corrected chi connectivity index (χ0v) is 18.4. The molecule has 1 aliphatic carbocycles. The van der Waals surface area contributed by atoms with Gasteiger partial charge in [0.05, 0.1) is 6.10 Å². The van der Waals surface area contributed by atoms with Crippen LogP contribution in [0.1, 0.15) is 69.9 Å². The van der Waals surface area contributed by atoms with Crippen molar-refractivity contribution >= 4 is 11.7 Å². The van der Waals surface area contributed by atoms with Crippen molar-refractivity contribution in [1.29, 1.82) is 0 Å². The Bertz CT molecular complexity index is 675. The van der Waals surface area contributed by atoms with Crippen LogP contribution in [0.15, 0.2) is 18.2 Å². The zero-order valence-electron chi connectivity index (χ0n) is 18.4. The van der Waals surface area contributed by atoms with Gasteiger partial charge < -0.3 is 15.2 Å². The summed E-state index contributed by atoms with van der Waals surface area (Å²) in [6, 6.07) is 6.78. The molecule has 0 amide bonds. The third kappa shape index (κ3) is 5.95. The molecule has 1 aliphatic heterocycles. The first kappa shape index (κ1) is 22.1. The molecule has 5 heteroatoms. The van der Waals surface area contributed by atoms with E-state index in [1.165, 1.54) is 31.2 Å². The number of carboxylic acids is 1. The number of hydrogen-bond donors (Lipinski definition) is 2. The number of nitrogens with one attached hydrogen (secondary N) is 1. The third-order valence-corrected chi connectivity index (χ3v) is 6.90. The number of aryl methyl sites for hydroxylation is 2. The highest BCUT2D eigenvalue weighted by Gasteiger charge is 2.38. The van der Waals surface area contributed by atoms with Crippen molar-refractivity contribution in [3.63, 3.8) is 0 Å². The van der Waals surface area contributed by atoms with Gasteiger partial charge in [-0.2, -0.15) is 0 Å². The lowest BCUT2D eigenvalue weighted by molar-refractivity contribution is -0.136. The van der Waals surface area contributed by atoms with Crippen molar-refractivity contribution in [2.75, 3.05) is 25.0 Å². The Morgan fingerprint density at radius 1 is 1.24 bits per heavy atom. The van der Waals surface area contributed by atoms with Crippen LogP contribution >= 0.6 is 0 Å². The first-order valence-electron chi connectivity index (χ1n) is 11.3. The van der Waals surface area contributed by atoms with Gasteiger partial charge in [0.15, 0.2) is 0 Å². The standard InChI is InChI=1S/C24H38N2O3/c1-4-29-21-9-13-24(3,14-10-21)26-15-11-20(12-16-26)25-22-17-18(2)5-6-19(22)7-8-23(27)28/h5-6,17,20-21,25H,4,7-16H2,1-3H3,(H,27,28)/t21-,24-. The Balaban J connectivity index is 1.54. The minimum absolute atomic E-state index is 0.178. The number of piperidine rings is 1. The van der Waals surface area contributed by atoms with E-state index in [0.717, 1.165) is 43.8 Å². The molecule has 1 aromatic carbocycles. The summed E-state index contributed by atoms with van der Waals surface area (Å²) in [7, 11) is 0. The SMILES string of the molecule is CCO[C@H]1CC[C@](C)(N2CCC(Nc3cc(C)ccc3CCC(=O)O)CC2)CC1. The Labute approximate surface area is 175 Å². The molecule has 0 spiro atoms. The lowest BCUT2D eigenvalue weighted by Gasteiger charge is -2.48. The van der Waals surface area contributed by atoms with Crippen LogP contribution in [0.3, 0.4) is 0 Å². The number of nitrogens with zero attached hydrogens (tertiary/aromatic N) is 1. The molecule has 0 radical (unpaired) electrons. The summed E-state index contributed by atoms with van der Waals surface area (Å²) in [5.74, 6) is -0.739. The molecular formula is C24H38N2O3. The maximum absolute atomic E-state index is 11.0. The summed E-state index contributed by atoms with van der Waals surface area (Å²) in [5.41, 5.74) is 3.76. The molecule has 0 unspecified atom stereocenters. The number of hydrogen-bond acceptors (Lipinski definition) is 4. The average Bonchev–Trinajstić information content (AvgIpc) is 2.70. The van der Waals surface area contributed by atoms with Crippen molar-refractivity contribution in [3.8, 4) is 0 Å². The number of ether oxygens (including phenoxy) is 1. The number of benzene rings is 1. The van der Waals surface area contributed by atoms with Crippen LogP contribution in [0.5, 0.6) is 0 Å². The first-order chi connectivity index (χ1) is 13.9. The van der Waals surface area contributed by atoms with Crippen LogP contribution in [0, 0.1) is 6.92 Å². The second-order valence-electron chi connectivity index (χ2n) is 9.11. The largest absolute Gasteiger partial charge is 0.481 e. The molecule has 2 aliphatic rings. The number of carboxylic acid groups (broad SMARTS) is 1. The van der Waals surface area contributed by atoms with Gasteiger partial charge in [-0.3, -0.25) is 9.69 Å². The van der Waals surface area contributed by atoms with Crippen molar-refractivity contribution in [2.45, 2.75) is 89.8 Å². The second kappa shape index (κ2) is 9.94. The molecule has 1 saturated heterocycles. The van der Waals surface area contributed by atoms with E-state index in [-0.39, 0.29) is 6.42 Å². The minimum Gasteiger partial charge on any atom is -0.481 e. The Morgan fingerprint density at radius 2 is 1.93 bits per heavy atom. The van der Waals surface area contributed by atoms with E-state index < -0.39 is 5.97 Å². The van der Waals surface area contributed by atoms with Crippen LogP contribution in [0.25, 0.3) is 0 Å². The number of carbonyl (C=O) groups is 1. The van der Waals surface area contributed by atoms with Gasteiger partial charge in [0.2, 0.25) is 0 Å². The number of rotatable bonds is 8. The number of aliphatic carboxylic acids is 1. The molecule has 2 N–H and O–H groups in total. The maximum Gasteiger partial charge on any atom is 0.303 e. The Morgan fingerprint density at radius 3 is 2.55 bits per heavy atom. The second-order valence-corrected chi connectivity index (χ2v) is 9.11. The highest BCUT2D eigenvalue weighted by molar-refractivity contribution is 5.68. The van der Waals surface area contributed by atoms with Crippen molar-refractivity contribution in [1.82, 2.24) is 4.90 Å². The van der Waals surface area contributed by atoms with E-state index >= 15 is 0 Å². The highest BCUT2D eigenvalue weighted by atomic mass is 16.5. The van der Waals surface area contributed by atoms with Crippen LogP contribution in [0.4, 0.5) is 5.69 Å². The predicted molar refractivity (Wildman–Crippen MR) is 118 cm³/mol. The van der Waals surface area contributed by atoms with E-state index in [4.69, 9.17) is 9.84 Å². The van der Waals surface area contributed by atoms with Crippen LogP contribution in [0.2, 0.25) is 0 Å². The predicted octanol–water partition coefficient (Wildman–Crippen LogP) is 4.63. The molecule has 0 atom stereocenters. The van der Waals surface area contributed by atoms with Gasteiger partial charge in [-0.25, -0.2) is 0 Å². The summed E-state index contributed by atoms with van der Waals surface area (Å²) < 4.78 is 5.84. The molecular weight excluding hydrogens is 364 g/mol. The molecule has 1 saturated carbocycles. The fourth-order valence-electron chi connectivity index (χ4n) is 5.00. The molecule has 3 rings (SSSR count). The van der Waals surface area contributed by atoms with Gasteiger partial charge in [0.1, 0.15) is 0 Å². The van der Waals surface area contributed by atoms with Gasteiger partial charge in [0.25, 0.3) is 0 Å². The van der Waals surface area contributed by atoms with Crippen LogP contribution < -0.4 is 5.32 Å². The van der Waals surface area contributed by atoms with Gasteiger partial charge in [0, 0.05) is 43.4 Å². The molecule has 162 valence electrons. The smallest absolute Gasteiger partial charge is 0.303 e. The van der Waals surface area contributed by atoms with Crippen molar-refractivity contribution in [2.24, 2.45) is 0 Å². The number of anilines is 1. The molecule has 5 nitrogen and oxygen atoms in total. The first-order valence-corrected chi connectivity index (χ1v) is 11.3. The molecule has 0 bridgehead atoms. The molecule has 1 aromatic rings. The summed E-state index contributed by atoms with van der Waals surface area (Å²) in [6.45, 7) is 9.70. The third-order valence-electron chi connectivity index (χ3n) is 6.90. The molecule has 0 aromatic heterocycles. The fourth-order valence-corrected chi connectivity index (χ4v) is 5.00. The van der Waals surface area contributed by atoms with E-state index in [0.29, 0.717) is 24.1 Å². The molecule has 29 heavy (non-hydrogen) atoms. The Hall–Kier alpha value is -1.59. The highest BCUT2D eigenvalue weighted by Crippen LogP contribution is 2.36. The molecule has 2 fully saturated rings. The van der Waals surface area contributed by atoms with E-state index in [1.807, 2.05) is 0 Å². The summed E-state index contributed by atoms with van der Waals surface area (Å²) in [6.07, 6.45) is 8.30. The summed E-state index contributed by atoms with van der Waals surface area (Å²) in [4.78, 5) is 13.7. The number of likely N-dealkylation sites (tertiary alicyclic amines) is 1. The lowest BCUT2D eigenvalue weighted by Crippen LogP contribution is -2.53. The van der Waals surface area contributed by atoms with Crippen LogP contribution in [-0.4, -0.2) is 53.4 Å². The zero-order chi connectivity index (χ0) is 20.9. The van der Waals surface area contributed by atoms with Crippen molar-refractivity contribution < 1.29 is 14.6 Å². The normalized spacial score (nSPS) is 26.4. The minimum atomic E-state index is -0.739. The summed E-state index contributed by atoms with van der Waals surface area (Å²) >= 11 is 0. The van der Waals surface area contributed by atoms with Crippen LogP contribution in [-0.2, 0) is 16.0 Å². The van der Waals surface area contributed by atoms with E-state index in [2.05, 4.69) is 49.2 Å². The van der Waals surface area contributed by atoms with Crippen molar-refractivity contribution in [3.05, 3.63) is 29.3 Å². The fraction of sp³-hybridized carbons (Fsp3) is 0.708.